The summed E-state index contributed by atoms with van der Waals surface area (Å²) in [6.45, 7) is 0.936. The molecule has 94 valence electrons. The van der Waals surface area contributed by atoms with Gasteiger partial charge in [-0.15, -0.1) is 0 Å². The quantitative estimate of drug-likeness (QED) is 0.921. The molecule has 1 aromatic heterocycles. The lowest BCUT2D eigenvalue weighted by molar-refractivity contribution is 0.0692. The summed E-state index contributed by atoms with van der Waals surface area (Å²) in [5, 5.41) is 13.1. The number of aromatic carboxylic acids is 1. The molecule has 0 aliphatic heterocycles. The Hall–Kier alpha value is -1.82. The highest BCUT2D eigenvalue weighted by molar-refractivity contribution is 9.10. The van der Waals surface area contributed by atoms with E-state index in [1.54, 1.807) is 23.0 Å². The maximum absolute atomic E-state index is 11.0. The highest BCUT2D eigenvalue weighted by Gasteiger charge is 2.11. The largest absolute Gasteiger partial charge is 0.491 e. The third-order valence-corrected chi connectivity index (χ3v) is 2.80. The van der Waals surface area contributed by atoms with E-state index < -0.39 is 5.97 Å². The van der Waals surface area contributed by atoms with Gasteiger partial charge in [0.2, 0.25) is 0 Å². The second kappa shape index (κ2) is 5.68. The third-order valence-electron chi connectivity index (χ3n) is 2.31. The van der Waals surface area contributed by atoms with E-state index in [9.17, 15) is 4.79 Å². The predicted molar refractivity (Wildman–Crippen MR) is 68.8 cm³/mol. The molecule has 0 aliphatic rings. The van der Waals surface area contributed by atoms with Crippen molar-refractivity contribution in [3.05, 3.63) is 46.7 Å². The Kier molecular flexibility index (Phi) is 3.99. The lowest BCUT2D eigenvalue weighted by atomic mass is 10.2. The second-order valence-corrected chi connectivity index (χ2v) is 4.48. The van der Waals surface area contributed by atoms with Crippen LogP contribution < -0.4 is 4.74 Å². The zero-order chi connectivity index (χ0) is 13.0. The van der Waals surface area contributed by atoms with Crippen molar-refractivity contribution in [1.29, 1.82) is 0 Å². The Morgan fingerprint density at radius 3 is 3.00 bits per heavy atom. The summed E-state index contributed by atoms with van der Waals surface area (Å²) < 4.78 is 7.89. The third kappa shape index (κ3) is 3.10. The number of hydrogen-bond donors (Lipinski definition) is 1. The maximum atomic E-state index is 11.0. The first-order valence-electron chi connectivity index (χ1n) is 5.30. The molecule has 0 aliphatic carbocycles. The lowest BCUT2D eigenvalue weighted by Crippen LogP contribution is -2.10. The van der Waals surface area contributed by atoms with Gasteiger partial charge < -0.3 is 9.84 Å². The molecule has 0 atom stereocenters. The average molecular weight is 311 g/mol. The van der Waals surface area contributed by atoms with Crippen LogP contribution in [0.4, 0.5) is 0 Å². The van der Waals surface area contributed by atoms with Gasteiger partial charge in [-0.3, -0.25) is 4.68 Å². The summed E-state index contributed by atoms with van der Waals surface area (Å²) in [6.07, 6.45) is 3.51. The van der Waals surface area contributed by atoms with Crippen molar-refractivity contribution in [3.8, 4) is 5.75 Å². The Morgan fingerprint density at radius 2 is 2.33 bits per heavy atom. The van der Waals surface area contributed by atoms with Crippen LogP contribution in [0.25, 0.3) is 0 Å². The van der Waals surface area contributed by atoms with Crippen molar-refractivity contribution in [2.45, 2.75) is 6.54 Å². The van der Waals surface area contributed by atoms with Gasteiger partial charge in [0.1, 0.15) is 17.9 Å². The number of benzene rings is 1. The van der Waals surface area contributed by atoms with Crippen LogP contribution in [-0.2, 0) is 6.54 Å². The highest BCUT2D eigenvalue weighted by Crippen LogP contribution is 2.23. The number of halogens is 1. The molecule has 2 rings (SSSR count). The number of aromatic nitrogens is 2. The highest BCUT2D eigenvalue weighted by atomic mass is 79.9. The van der Waals surface area contributed by atoms with E-state index in [0.29, 0.717) is 23.4 Å². The molecule has 0 spiro atoms. The zero-order valence-electron chi connectivity index (χ0n) is 9.41. The molecule has 0 saturated carbocycles. The summed E-state index contributed by atoms with van der Waals surface area (Å²) in [5.74, 6) is -0.650. The Morgan fingerprint density at radius 1 is 1.50 bits per heavy atom. The van der Waals surface area contributed by atoms with Gasteiger partial charge in [-0.05, 0) is 24.3 Å². The molecular formula is C12H11BrN2O3. The number of carboxylic acids is 1. The molecule has 5 nitrogen and oxygen atoms in total. The van der Waals surface area contributed by atoms with E-state index >= 15 is 0 Å². The number of nitrogens with zero attached hydrogens (tertiary/aromatic N) is 2. The van der Waals surface area contributed by atoms with Gasteiger partial charge in [-0.25, -0.2) is 4.79 Å². The van der Waals surface area contributed by atoms with Gasteiger partial charge in [0.25, 0.3) is 0 Å². The summed E-state index contributed by atoms with van der Waals surface area (Å²) in [5.41, 5.74) is 0.143. The number of ether oxygens (including phenoxy) is 1. The fraction of sp³-hybridized carbons (Fsp3) is 0.167. The van der Waals surface area contributed by atoms with Crippen molar-refractivity contribution >= 4 is 21.9 Å². The molecule has 0 unspecified atom stereocenters. The summed E-state index contributed by atoms with van der Waals surface area (Å²) in [7, 11) is 0. The minimum Gasteiger partial charge on any atom is -0.491 e. The molecule has 1 heterocycles. The number of hydrogen-bond acceptors (Lipinski definition) is 3. The van der Waals surface area contributed by atoms with E-state index in [1.807, 2.05) is 12.3 Å². The van der Waals surface area contributed by atoms with Gasteiger partial charge in [0, 0.05) is 16.9 Å². The first-order valence-corrected chi connectivity index (χ1v) is 6.09. The molecule has 0 fully saturated rings. The molecule has 0 bridgehead atoms. The van der Waals surface area contributed by atoms with Crippen molar-refractivity contribution < 1.29 is 14.6 Å². The van der Waals surface area contributed by atoms with Gasteiger partial charge in [-0.2, -0.15) is 5.10 Å². The van der Waals surface area contributed by atoms with E-state index in [1.165, 1.54) is 6.07 Å². The van der Waals surface area contributed by atoms with Crippen LogP contribution in [0.5, 0.6) is 5.75 Å². The van der Waals surface area contributed by atoms with Crippen LogP contribution in [0.2, 0.25) is 0 Å². The first kappa shape index (κ1) is 12.6. The molecular weight excluding hydrogens is 300 g/mol. The minimum absolute atomic E-state index is 0.143. The van der Waals surface area contributed by atoms with Crippen LogP contribution in [0, 0.1) is 0 Å². The zero-order valence-corrected chi connectivity index (χ0v) is 11.0. The molecule has 1 aromatic carbocycles. The van der Waals surface area contributed by atoms with Crippen LogP contribution in [0.15, 0.2) is 41.1 Å². The molecule has 0 amide bonds. The van der Waals surface area contributed by atoms with Crippen molar-refractivity contribution in [2.75, 3.05) is 6.61 Å². The van der Waals surface area contributed by atoms with Crippen LogP contribution >= 0.6 is 15.9 Å². The van der Waals surface area contributed by atoms with Crippen molar-refractivity contribution in [1.82, 2.24) is 9.78 Å². The lowest BCUT2D eigenvalue weighted by Gasteiger charge is -2.09. The number of carboxylic acid groups (broad SMARTS) is 1. The topological polar surface area (TPSA) is 64.3 Å². The van der Waals surface area contributed by atoms with E-state index in [0.717, 1.165) is 0 Å². The summed E-state index contributed by atoms with van der Waals surface area (Å²) >= 11 is 3.23. The molecule has 2 aromatic rings. The van der Waals surface area contributed by atoms with E-state index in [2.05, 4.69) is 21.0 Å². The van der Waals surface area contributed by atoms with Crippen LogP contribution in [0.1, 0.15) is 10.4 Å². The monoisotopic (exact) mass is 310 g/mol. The summed E-state index contributed by atoms with van der Waals surface area (Å²) in [4.78, 5) is 11.0. The molecule has 6 heteroatoms. The van der Waals surface area contributed by atoms with E-state index in [-0.39, 0.29) is 5.56 Å². The number of rotatable bonds is 5. The molecule has 0 radical (unpaired) electrons. The van der Waals surface area contributed by atoms with Gasteiger partial charge in [0.05, 0.1) is 6.54 Å². The van der Waals surface area contributed by atoms with Gasteiger partial charge in [0.15, 0.2) is 0 Å². The smallest absolute Gasteiger partial charge is 0.339 e. The van der Waals surface area contributed by atoms with Gasteiger partial charge in [-0.1, -0.05) is 15.9 Å². The standard InChI is InChI=1S/C12H11BrN2O3/c13-9-2-3-11(10(8-9)12(16)17)18-7-6-15-5-1-4-14-15/h1-5,8H,6-7H2,(H,16,17). The predicted octanol–water partition coefficient (Wildman–Crippen LogP) is 2.42. The maximum Gasteiger partial charge on any atom is 0.339 e. The SMILES string of the molecule is O=C(O)c1cc(Br)ccc1OCCn1cccn1. The Bertz CT molecular complexity index is 540. The van der Waals surface area contributed by atoms with Crippen LogP contribution in [0.3, 0.4) is 0 Å². The van der Waals surface area contributed by atoms with Gasteiger partial charge >= 0.3 is 5.97 Å². The Labute approximate surface area is 112 Å². The van der Waals surface area contributed by atoms with Crippen molar-refractivity contribution in [3.63, 3.8) is 0 Å². The first-order chi connectivity index (χ1) is 8.66. The van der Waals surface area contributed by atoms with Crippen molar-refractivity contribution in [2.24, 2.45) is 0 Å². The second-order valence-electron chi connectivity index (χ2n) is 3.56. The van der Waals surface area contributed by atoms with Crippen LogP contribution in [-0.4, -0.2) is 27.5 Å². The normalized spacial score (nSPS) is 10.3. The number of carbonyl (C=O) groups is 1. The molecule has 18 heavy (non-hydrogen) atoms. The fourth-order valence-electron chi connectivity index (χ4n) is 1.48. The average Bonchev–Trinajstić information content (AvgIpc) is 2.84. The summed E-state index contributed by atoms with van der Waals surface area (Å²) in [6, 6.07) is 6.72. The van der Waals surface area contributed by atoms with E-state index in [4.69, 9.17) is 9.84 Å². The molecule has 0 saturated heterocycles. The Balaban J connectivity index is 2.02. The molecule has 1 N–H and O–H groups in total. The minimum atomic E-state index is -1.01. The fourth-order valence-corrected chi connectivity index (χ4v) is 1.84.